The first-order chi connectivity index (χ1) is 13.8. The molecule has 0 bridgehead atoms. The lowest BCUT2D eigenvalue weighted by Crippen LogP contribution is -2.22. The maximum atomic E-state index is 12.6. The van der Waals surface area contributed by atoms with Crippen LogP contribution in [0.1, 0.15) is 92.9 Å². The van der Waals surface area contributed by atoms with Crippen molar-refractivity contribution >= 4 is 17.6 Å². The van der Waals surface area contributed by atoms with E-state index in [9.17, 15) is 9.59 Å². The zero-order chi connectivity index (χ0) is 21.0. The van der Waals surface area contributed by atoms with Gasteiger partial charge < -0.3 is 0 Å². The van der Waals surface area contributed by atoms with Crippen molar-refractivity contribution in [2.75, 3.05) is 5.32 Å². The number of aromatic nitrogens is 2. The second-order valence-corrected chi connectivity index (χ2v) is 8.96. The Morgan fingerprint density at radius 2 is 1.86 bits per heavy atom. The minimum atomic E-state index is -0.0742. The molecule has 5 nitrogen and oxygen atoms in total. The second-order valence-electron chi connectivity index (χ2n) is 8.96. The number of Topliss-reactive ketones (excluding diaryl/α,β-unsaturated/α-hetero) is 1. The minimum absolute atomic E-state index is 0.0666. The number of unbranched alkanes of at least 4 members (excludes halogenated alkanes) is 2. The molecule has 1 aliphatic carbocycles. The Morgan fingerprint density at radius 3 is 2.52 bits per heavy atom. The number of anilines is 1. The van der Waals surface area contributed by atoms with Crippen LogP contribution in [0.5, 0.6) is 0 Å². The van der Waals surface area contributed by atoms with Gasteiger partial charge in [0.25, 0.3) is 0 Å². The Balaban J connectivity index is 1.74. The van der Waals surface area contributed by atoms with Gasteiger partial charge in [-0.25, -0.2) is 9.97 Å². The molecule has 3 rings (SSSR count). The van der Waals surface area contributed by atoms with Crippen LogP contribution in [0, 0.1) is 0 Å². The van der Waals surface area contributed by atoms with Gasteiger partial charge in [-0.15, -0.1) is 0 Å². The minimum Gasteiger partial charge on any atom is -0.295 e. The predicted octanol–water partition coefficient (Wildman–Crippen LogP) is 5.21. The third kappa shape index (κ3) is 5.28. The van der Waals surface area contributed by atoms with Gasteiger partial charge in [0.05, 0.1) is 11.3 Å². The second kappa shape index (κ2) is 8.85. The van der Waals surface area contributed by atoms with E-state index in [-0.39, 0.29) is 23.0 Å². The molecule has 2 aromatic rings. The van der Waals surface area contributed by atoms with Crippen LogP contribution in [0.2, 0.25) is 0 Å². The van der Waals surface area contributed by atoms with Crippen LogP contribution >= 0.6 is 0 Å². The fourth-order valence-corrected chi connectivity index (χ4v) is 3.72. The summed E-state index contributed by atoms with van der Waals surface area (Å²) in [6.45, 7) is 8.68. The maximum absolute atomic E-state index is 12.6. The number of benzene rings is 1. The third-order valence-corrected chi connectivity index (χ3v) is 5.55. The quantitative estimate of drug-likeness (QED) is 0.684. The number of amides is 1. The highest BCUT2D eigenvalue weighted by atomic mass is 16.1. The van der Waals surface area contributed by atoms with Gasteiger partial charge in [0, 0.05) is 19.0 Å². The van der Waals surface area contributed by atoms with Crippen LogP contribution in [-0.4, -0.2) is 21.7 Å². The largest absolute Gasteiger partial charge is 0.295 e. The molecular formula is C24H31N3O2. The van der Waals surface area contributed by atoms with Crippen molar-refractivity contribution in [1.82, 2.24) is 9.97 Å². The summed E-state index contributed by atoms with van der Waals surface area (Å²) in [5, 5.41) is 2.77. The van der Waals surface area contributed by atoms with Crippen LogP contribution in [0.4, 0.5) is 5.95 Å². The number of hydrogen-bond acceptors (Lipinski definition) is 4. The summed E-state index contributed by atoms with van der Waals surface area (Å²) in [6, 6.07) is 8.55. The molecule has 0 spiro atoms. The Bertz CT molecular complexity index is 882. The summed E-state index contributed by atoms with van der Waals surface area (Å²) in [5.74, 6) is 0.389. The van der Waals surface area contributed by atoms with Crippen molar-refractivity contribution in [2.45, 2.75) is 77.6 Å². The lowest BCUT2D eigenvalue weighted by Gasteiger charge is -2.25. The van der Waals surface area contributed by atoms with Crippen molar-refractivity contribution in [2.24, 2.45) is 0 Å². The number of fused-ring (bicyclic) bond motifs is 1. The monoisotopic (exact) mass is 393 g/mol. The Hall–Kier alpha value is -2.56. The van der Waals surface area contributed by atoms with E-state index in [4.69, 9.17) is 0 Å². The van der Waals surface area contributed by atoms with Gasteiger partial charge in [0.2, 0.25) is 11.9 Å². The van der Waals surface area contributed by atoms with Crippen molar-refractivity contribution in [1.29, 1.82) is 0 Å². The molecule has 1 atom stereocenters. The van der Waals surface area contributed by atoms with Gasteiger partial charge in [-0.05, 0) is 35.3 Å². The molecule has 0 saturated heterocycles. The highest BCUT2D eigenvalue weighted by Gasteiger charge is 2.28. The van der Waals surface area contributed by atoms with Crippen molar-refractivity contribution in [3.63, 3.8) is 0 Å². The number of carbonyl (C=O) groups is 2. The molecule has 1 aromatic heterocycles. The van der Waals surface area contributed by atoms with Crippen LogP contribution in [0.3, 0.4) is 0 Å². The molecule has 1 aromatic carbocycles. The lowest BCUT2D eigenvalue weighted by molar-refractivity contribution is -0.116. The molecule has 1 amide bonds. The van der Waals surface area contributed by atoms with Gasteiger partial charge >= 0.3 is 0 Å². The molecule has 0 radical (unpaired) electrons. The molecule has 0 fully saturated rings. The van der Waals surface area contributed by atoms with Gasteiger partial charge in [-0.1, -0.05) is 64.8 Å². The first-order valence-corrected chi connectivity index (χ1v) is 10.6. The fourth-order valence-electron chi connectivity index (χ4n) is 3.72. The van der Waals surface area contributed by atoms with E-state index in [0.717, 1.165) is 30.5 Å². The molecule has 0 unspecified atom stereocenters. The van der Waals surface area contributed by atoms with E-state index >= 15 is 0 Å². The van der Waals surface area contributed by atoms with E-state index < -0.39 is 0 Å². The molecule has 1 aliphatic rings. The van der Waals surface area contributed by atoms with Crippen LogP contribution in [-0.2, 0) is 16.6 Å². The highest BCUT2D eigenvalue weighted by Crippen LogP contribution is 2.33. The number of rotatable bonds is 6. The van der Waals surface area contributed by atoms with E-state index in [0.29, 0.717) is 30.8 Å². The van der Waals surface area contributed by atoms with Gasteiger partial charge in [-0.3, -0.25) is 14.9 Å². The van der Waals surface area contributed by atoms with Crippen molar-refractivity contribution in [3.8, 4) is 0 Å². The molecule has 0 saturated carbocycles. The summed E-state index contributed by atoms with van der Waals surface area (Å²) in [7, 11) is 0. The normalized spacial score (nSPS) is 16.4. The zero-order valence-corrected chi connectivity index (χ0v) is 17.9. The van der Waals surface area contributed by atoms with E-state index in [1.54, 1.807) is 6.20 Å². The van der Waals surface area contributed by atoms with Crippen LogP contribution < -0.4 is 5.32 Å². The van der Waals surface area contributed by atoms with Gasteiger partial charge in [0.1, 0.15) is 0 Å². The standard InChI is InChI=1S/C24H31N3O2/c1-5-6-7-8-22(29)27-23-25-15-19-20(26-23)13-17(14-21(19)28)16-9-11-18(12-10-16)24(2,3)4/h9-12,15,17H,5-8,13-14H2,1-4H3,(H,25,26,27,29)/t17-/m0/s1. The molecule has 29 heavy (non-hydrogen) atoms. The smallest absolute Gasteiger partial charge is 0.229 e. The average Bonchev–Trinajstić information content (AvgIpc) is 2.67. The topological polar surface area (TPSA) is 72.0 Å². The fraction of sp³-hybridized carbons (Fsp3) is 0.500. The Labute approximate surface area is 173 Å². The van der Waals surface area contributed by atoms with Gasteiger partial charge in [0.15, 0.2) is 5.78 Å². The lowest BCUT2D eigenvalue weighted by atomic mass is 9.80. The molecule has 154 valence electrons. The van der Waals surface area contributed by atoms with E-state index in [2.05, 4.69) is 67.2 Å². The number of nitrogens with zero attached hydrogens (tertiary/aromatic N) is 2. The van der Waals surface area contributed by atoms with E-state index in [1.165, 1.54) is 5.56 Å². The van der Waals surface area contributed by atoms with Crippen molar-refractivity contribution < 1.29 is 9.59 Å². The number of carbonyl (C=O) groups excluding carboxylic acids is 2. The molecule has 1 N–H and O–H groups in total. The molecule has 5 heteroatoms. The molecular weight excluding hydrogens is 362 g/mol. The maximum Gasteiger partial charge on any atom is 0.229 e. The summed E-state index contributed by atoms with van der Waals surface area (Å²) in [4.78, 5) is 33.4. The van der Waals surface area contributed by atoms with Gasteiger partial charge in [-0.2, -0.15) is 0 Å². The molecule has 1 heterocycles. The van der Waals surface area contributed by atoms with Crippen LogP contribution in [0.15, 0.2) is 30.5 Å². The number of hydrogen-bond donors (Lipinski definition) is 1. The first-order valence-electron chi connectivity index (χ1n) is 10.6. The summed E-state index contributed by atoms with van der Waals surface area (Å²) < 4.78 is 0. The van der Waals surface area contributed by atoms with E-state index in [1.807, 2.05) is 0 Å². The third-order valence-electron chi connectivity index (χ3n) is 5.55. The average molecular weight is 394 g/mol. The van der Waals surface area contributed by atoms with Crippen molar-refractivity contribution in [3.05, 3.63) is 52.8 Å². The zero-order valence-electron chi connectivity index (χ0n) is 17.9. The SMILES string of the molecule is CCCCCC(=O)Nc1ncc2c(n1)C[C@H](c1ccc(C(C)(C)C)cc1)CC2=O. The summed E-state index contributed by atoms with van der Waals surface area (Å²) >= 11 is 0. The molecule has 0 aliphatic heterocycles. The number of nitrogens with one attached hydrogen (secondary N) is 1. The predicted molar refractivity (Wildman–Crippen MR) is 115 cm³/mol. The Morgan fingerprint density at radius 1 is 1.14 bits per heavy atom. The summed E-state index contributed by atoms with van der Waals surface area (Å²) in [6.07, 6.45) is 6.14. The first kappa shape index (κ1) is 21.2. The summed E-state index contributed by atoms with van der Waals surface area (Å²) in [5.41, 5.74) is 3.84. The Kier molecular flexibility index (Phi) is 6.46. The highest BCUT2D eigenvalue weighted by molar-refractivity contribution is 5.98. The van der Waals surface area contributed by atoms with Crippen LogP contribution in [0.25, 0.3) is 0 Å². The number of ketones is 1.